The average molecular weight is 499 g/mol. The molecule has 1 amide bonds. The zero-order valence-electron chi connectivity index (χ0n) is 20.9. The highest BCUT2D eigenvalue weighted by Gasteiger charge is 2.36. The van der Waals surface area contributed by atoms with Gasteiger partial charge >= 0.3 is 0 Å². The standard InChI is InChI=1S/C27H26N6O4/c1-16-23(26(34)30-18-8-7-11-28-15-18)24(21-9-5-6-10-22(21)37-4)33-27(29-16)31-25(32-33)17-12-19(35-2)14-20(13-17)36-3/h5-15,24H,1-4H3,(H,30,34)(H,29,31,32). The molecule has 0 radical (unpaired) electrons. The Kier molecular flexibility index (Phi) is 6.46. The number of para-hydroxylation sites is 1. The summed E-state index contributed by atoms with van der Waals surface area (Å²) < 4.78 is 18.2. The lowest BCUT2D eigenvalue weighted by Crippen LogP contribution is -2.31. The number of ether oxygens (including phenoxy) is 3. The Labute approximate surface area is 213 Å². The van der Waals surface area contributed by atoms with E-state index in [1.54, 1.807) is 56.6 Å². The summed E-state index contributed by atoms with van der Waals surface area (Å²) in [5, 5.41) is 11.0. The Morgan fingerprint density at radius 2 is 1.76 bits per heavy atom. The lowest BCUT2D eigenvalue weighted by Gasteiger charge is -2.29. The number of rotatable bonds is 7. The van der Waals surface area contributed by atoms with Crippen molar-refractivity contribution in [2.75, 3.05) is 32.0 Å². The predicted molar refractivity (Wildman–Crippen MR) is 139 cm³/mol. The Balaban J connectivity index is 1.64. The molecule has 3 heterocycles. The monoisotopic (exact) mass is 498 g/mol. The lowest BCUT2D eigenvalue weighted by molar-refractivity contribution is -0.113. The van der Waals surface area contributed by atoms with Crippen LogP contribution in [0.5, 0.6) is 17.2 Å². The minimum atomic E-state index is -0.613. The van der Waals surface area contributed by atoms with Gasteiger partial charge in [-0.25, -0.2) is 4.68 Å². The Bertz CT molecular complexity index is 1460. The van der Waals surface area contributed by atoms with Crippen molar-refractivity contribution in [3.63, 3.8) is 0 Å². The van der Waals surface area contributed by atoms with E-state index in [1.807, 2.05) is 43.3 Å². The van der Waals surface area contributed by atoms with Gasteiger partial charge < -0.3 is 24.8 Å². The van der Waals surface area contributed by atoms with Crippen LogP contribution >= 0.6 is 0 Å². The van der Waals surface area contributed by atoms with Gasteiger partial charge in [-0.1, -0.05) is 18.2 Å². The summed E-state index contributed by atoms with van der Waals surface area (Å²) in [5.41, 5.74) is 3.17. The third-order valence-corrected chi connectivity index (χ3v) is 6.06. The van der Waals surface area contributed by atoms with Gasteiger partial charge in [-0.15, -0.1) is 5.10 Å². The van der Waals surface area contributed by atoms with Crippen molar-refractivity contribution < 1.29 is 19.0 Å². The topological polar surface area (TPSA) is 112 Å². The van der Waals surface area contributed by atoms with Crippen LogP contribution in [-0.4, -0.2) is 47.0 Å². The predicted octanol–water partition coefficient (Wildman–Crippen LogP) is 4.29. The third-order valence-electron chi connectivity index (χ3n) is 6.06. The molecule has 10 nitrogen and oxygen atoms in total. The molecule has 2 aromatic carbocycles. The quantitative estimate of drug-likeness (QED) is 0.388. The maximum absolute atomic E-state index is 13.6. The van der Waals surface area contributed by atoms with Crippen molar-refractivity contribution in [3.05, 3.63) is 83.8 Å². The highest BCUT2D eigenvalue weighted by atomic mass is 16.5. The molecule has 0 fully saturated rings. The van der Waals surface area contributed by atoms with Crippen LogP contribution in [0.25, 0.3) is 11.4 Å². The van der Waals surface area contributed by atoms with E-state index in [2.05, 4.69) is 15.6 Å². The first-order valence-corrected chi connectivity index (χ1v) is 11.5. The molecule has 10 heteroatoms. The molecule has 2 aromatic heterocycles. The number of nitrogens with one attached hydrogen (secondary N) is 2. The molecule has 0 aliphatic carbocycles. The van der Waals surface area contributed by atoms with Gasteiger partial charge in [0.1, 0.15) is 23.3 Å². The molecule has 1 atom stereocenters. The second-order valence-electron chi connectivity index (χ2n) is 8.31. The fourth-order valence-electron chi connectivity index (χ4n) is 4.32. The number of benzene rings is 2. The van der Waals surface area contributed by atoms with E-state index in [1.165, 1.54) is 0 Å². The van der Waals surface area contributed by atoms with Crippen LogP contribution in [0, 0.1) is 0 Å². The zero-order valence-corrected chi connectivity index (χ0v) is 20.9. The number of hydrogen-bond acceptors (Lipinski definition) is 8. The van der Waals surface area contributed by atoms with Gasteiger partial charge in [0.05, 0.1) is 38.8 Å². The third kappa shape index (κ3) is 4.56. The Morgan fingerprint density at radius 3 is 2.43 bits per heavy atom. The van der Waals surface area contributed by atoms with Crippen molar-refractivity contribution in [2.24, 2.45) is 0 Å². The summed E-state index contributed by atoms with van der Waals surface area (Å²) in [6, 6.07) is 15.9. The molecular weight excluding hydrogens is 472 g/mol. The SMILES string of the molecule is COc1cc(OC)cc(-c2nc3n(n2)C(c2ccccc2OC)C(C(=O)Nc2cccnc2)=C(C)N3)c1. The number of pyridine rings is 1. The summed E-state index contributed by atoms with van der Waals surface area (Å²) in [6.45, 7) is 1.84. The van der Waals surface area contributed by atoms with Crippen LogP contribution < -0.4 is 24.8 Å². The maximum atomic E-state index is 13.6. The van der Waals surface area contributed by atoms with E-state index in [4.69, 9.17) is 24.3 Å². The van der Waals surface area contributed by atoms with E-state index in [9.17, 15) is 4.79 Å². The van der Waals surface area contributed by atoms with Crippen LogP contribution in [0.3, 0.4) is 0 Å². The minimum Gasteiger partial charge on any atom is -0.497 e. The lowest BCUT2D eigenvalue weighted by atomic mass is 9.94. The first-order chi connectivity index (χ1) is 18.0. The van der Waals surface area contributed by atoms with Crippen LogP contribution in [0.2, 0.25) is 0 Å². The van der Waals surface area contributed by atoms with Crippen molar-refractivity contribution in [3.8, 4) is 28.6 Å². The van der Waals surface area contributed by atoms with Crippen molar-refractivity contribution in [1.29, 1.82) is 0 Å². The second kappa shape index (κ2) is 10.0. The number of methoxy groups -OCH3 is 3. The summed E-state index contributed by atoms with van der Waals surface area (Å²) in [4.78, 5) is 22.5. The number of nitrogens with zero attached hydrogens (tertiary/aromatic N) is 4. The molecule has 5 rings (SSSR count). The normalized spacial score (nSPS) is 14.4. The minimum absolute atomic E-state index is 0.292. The fourth-order valence-corrected chi connectivity index (χ4v) is 4.32. The van der Waals surface area contributed by atoms with Gasteiger partial charge in [0.2, 0.25) is 5.95 Å². The summed E-state index contributed by atoms with van der Waals surface area (Å²) in [5.74, 6) is 2.49. The van der Waals surface area contributed by atoms with E-state index < -0.39 is 6.04 Å². The molecule has 4 aromatic rings. The maximum Gasteiger partial charge on any atom is 0.255 e. The molecule has 0 saturated carbocycles. The van der Waals surface area contributed by atoms with Gasteiger partial charge in [-0.2, -0.15) is 4.98 Å². The first kappa shape index (κ1) is 23.9. The molecule has 0 spiro atoms. The van der Waals surface area contributed by atoms with E-state index in [0.29, 0.717) is 51.5 Å². The van der Waals surface area contributed by atoms with Crippen molar-refractivity contribution in [2.45, 2.75) is 13.0 Å². The zero-order chi connectivity index (χ0) is 25.9. The molecule has 1 aliphatic rings. The van der Waals surface area contributed by atoms with Crippen LogP contribution in [0.4, 0.5) is 11.6 Å². The number of fused-ring (bicyclic) bond motifs is 1. The number of hydrogen-bond donors (Lipinski definition) is 2. The molecule has 0 saturated heterocycles. The first-order valence-electron chi connectivity index (χ1n) is 11.5. The highest BCUT2D eigenvalue weighted by molar-refractivity contribution is 6.06. The van der Waals surface area contributed by atoms with Gasteiger partial charge in [0, 0.05) is 29.1 Å². The fraction of sp³-hybridized carbons (Fsp3) is 0.185. The van der Waals surface area contributed by atoms with Crippen LogP contribution in [0.1, 0.15) is 18.5 Å². The molecule has 37 heavy (non-hydrogen) atoms. The van der Waals surface area contributed by atoms with Gasteiger partial charge in [0.15, 0.2) is 5.82 Å². The summed E-state index contributed by atoms with van der Waals surface area (Å²) >= 11 is 0. The van der Waals surface area contributed by atoms with Crippen LogP contribution in [0.15, 0.2) is 78.3 Å². The number of carbonyl (C=O) groups excluding carboxylic acids is 1. The molecule has 0 bridgehead atoms. The highest BCUT2D eigenvalue weighted by Crippen LogP contribution is 2.40. The van der Waals surface area contributed by atoms with Gasteiger partial charge in [-0.05, 0) is 37.3 Å². The Morgan fingerprint density at radius 1 is 1.00 bits per heavy atom. The van der Waals surface area contributed by atoms with Crippen LogP contribution in [-0.2, 0) is 4.79 Å². The molecule has 1 aliphatic heterocycles. The largest absolute Gasteiger partial charge is 0.497 e. The van der Waals surface area contributed by atoms with Crippen molar-refractivity contribution in [1.82, 2.24) is 19.7 Å². The molecule has 188 valence electrons. The number of amides is 1. The number of anilines is 2. The van der Waals surface area contributed by atoms with Crippen molar-refractivity contribution >= 4 is 17.5 Å². The smallest absolute Gasteiger partial charge is 0.255 e. The van der Waals surface area contributed by atoms with Gasteiger partial charge in [-0.3, -0.25) is 9.78 Å². The Hall–Kier alpha value is -4.86. The van der Waals surface area contributed by atoms with E-state index in [0.717, 1.165) is 5.56 Å². The molecule has 1 unspecified atom stereocenters. The summed E-state index contributed by atoms with van der Waals surface area (Å²) in [7, 11) is 4.77. The van der Waals surface area contributed by atoms with E-state index >= 15 is 0 Å². The molecular formula is C27H26N6O4. The molecule has 2 N–H and O–H groups in total. The second-order valence-corrected chi connectivity index (χ2v) is 8.31. The average Bonchev–Trinajstić information content (AvgIpc) is 3.36. The van der Waals surface area contributed by atoms with E-state index in [-0.39, 0.29) is 5.91 Å². The summed E-state index contributed by atoms with van der Waals surface area (Å²) in [6.07, 6.45) is 3.24. The number of carbonyl (C=O) groups is 1. The number of aromatic nitrogens is 4. The van der Waals surface area contributed by atoms with Gasteiger partial charge in [0.25, 0.3) is 5.91 Å². The number of allylic oxidation sites excluding steroid dienone is 1.